The van der Waals surface area contributed by atoms with Gasteiger partial charge in [-0.1, -0.05) is 0 Å². The van der Waals surface area contributed by atoms with Crippen LogP contribution in [0.1, 0.15) is 19.8 Å². The molecule has 15 heavy (non-hydrogen) atoms. The Morgan fingerprint density at radius 3 is 2.87 bits per heavy atom. The van der Waals surface area contributed by atoms with Crippen LogP contribution in [0.15, 0.2) is 0 Å². The highest BCUT2D eigenvalue weighted by atomic mass is 35.5. The van der Waals surface area contributed by atoms with Gasteiger partial charge >= 0.3 is 0 Å². The van der Waals surface area contributed by atoms with Crippen LogP contribution >= 0.6 is 11.6 Å². The molecule has 2 rings (SSSR count). The van der Waals surface area contributed by atoms with E-state index in [1.807, 2.05) is 0 Å². The van der Waals surface area contributed by atoms with Crippen molar-refractivity contribution in [2.45, 2.75) is 38.0 Å². The molecule has 0 aliphatic carbocycles. The predicted octanol–water partition coefficient (Wildman–Crippen LogP) is 1.49. The maximum Gasteiger partial charge on any atom is 0.0837 e. The quantitative estimate of drug-likeness (QED) is 0.690. The summed E-state index contributed by atoms with van der Waals surface area (Å²) < 4.78 is 11.3. The lowest BCUT2D eigenvalue weighted by atomic mass is 10.1. The summed E-state index contributed by atoms with van der Waals surface area (Å²) in [5, 5.41) is 0. The number of hydrogen-bond donors (Lipinski definition) is 0. The lowest BCUT2D eigenvalue weighted by molar-refractivity contribution is -0.0623. The van der Waals surface area contributed by atoms with Crippen molar-refractivity contribution in [2.75, 3.05) is 32.2 Å². The predicted molar refractivity (Wildman–Crippen MR) is 60.5 cm³/mol. The van der Waals surface area contributed by atoms with Crippen molar-refractivity contribution in [1.29, 1.82) is 0 Å². The van der Waals surface area contributed by atoms with Crippen LogP contribution < -0.4 is 0 Å². The van der Waals surface area contributed by atoms with Crippen LogP contribution in [0.5, 0.6) is 0 Å². The van der Waals surface area contributed by atoms with E-state index < -0.39 is 0 Å². The van der Waals surface area contributed by atoms with Crippen LogP contribution in [0.4, 0.5) is 0 Å². The normalized spacial score (nSPS) is 38.4. The molecule has 0 N–H and O–H groups in total. The summed E-state index contributed by atoms with van der Waals surface area (Å²) in [7, 11) is 0. The molecule has 0 radical (unpaired) electrons. The van der Waals surface area contributed by atoms with Crippen LogP contribution in [0.3, 0.4) is 0 Å². The van der Waals surface area contributed by atoms with E-state index >= 15 is 0 Å². The third-order valence-corrected chi connectivity index (χ3v) is 3.61. The average molecular weight is 234 g/mol. The number of halogens is 1. The summed E-state index contributed by atoms with van der Waals surface area (Å²) in [6.07, 6.45) is 3.04. The Hall–Kier alpha value is 0.170. The standard InChI is InChI=1S/C11H20ClNO2/c1-9-8-15-11(5-12)7-13(9)6-10-3-2-4-14-10/h9-11H,2-8H2,1H3. The van der Waals surface area contributed by atoms with Crippen LogP contribution in [-0.2, 0) is 9.47 Å². The Kier molecular flexibility index (Phi) is 4.26. The van der Waals surface area contributed by atoms with Gasteiger partial charge in [0.15, 0.2) is 0 Å². The summed E-state index contributed by atoms with van der Waals surface area (Å²) in [6.45, 7) is 5.92. The van der Waals surface area contributed by atoms with Crippen LogP contribution in [0.25, 0.3) is 0 Å². The Morgan fingerprint density at radius 1 is 1.33 bits per heavy atom. The SMILES string of the molecule is CC1COC(CCl)CN1CC1CCCO1. The summed E-state index contributed by atoms with van der Waals surface area (Å²) in [5.74, 6) is 0.592. The summed E-state index contributed by atoms with van der Waals surface area (Å²) in [5.41, 5.74) is 0. The summed E-state index contributed by atoms with van der Waals surface area (Å²) in [6, 6.07) is 0.494. The van der Waals surface area contributed by atoms with E-state index in [1.54, 1.807) is 0 Å². The zero-order chi connectivity index (χ0) is 10.7. The molecule has 0 aromatic carbocycles. The minimum absolute atomic E-state index is 0.198. The molecule has 3 nitrogen and oxygen atoms in total. The Balaban J connectivity index is 1.82. The average Bonchev–Trinajstić information content (AvgIpc) is 2.74. The van der Waals surface area contributed by atoms with Gasteiger partial charge in [0.1, 0.15) is 0 Å². The van der Waals surface area contributed by atoms with Gasteiger partial charge in [-0.15, -0.1) is 11.6 Å². The minimum Gasteiger partial charge on any atom is -0.377 e. The molecule has 3 atom stereocenters. The molecule has 2 saturated heterocycles. The molecule has 0 amide bonds. The number of rotatable bonds is 3. The topological polar surface area (TPSA) is 21.7 Å². The fourth-order valence-electron chi connectivity index (χ4n) is 2.27. The second-order valence-corrected chi connectivity index (χ2v) is 4.86. The van der Waals surface area contributed by atoms with E-state index in [9.17, 15) is 0 Å². The van der Waals surface area contributed by atoms with Crippen molar-refractivity contribution in [3.05, 3.63) is 0 Å². The second-order valence-electron chi connectivity index (χ2n) is 4.55. The van der Waals surface area contributed by atoms with Crippen molar-refractivity contribution in [1.82, 2.24) is 4.90 Å². The number of morpholine rings is 1. The molecule has 88 valence electrons. The number of alkyl halides is 1. The minimum atomic E-state index is 0.198. The molecule has 2 aliphatic heterocycles. The number of ether oxygens (including phenoxy) is 2. The van der Waals surface area contributed by atoms with E-state index in [2.05, 4.69) is 11.8 Å². The summed E-state index contributed by atoms with van der Waals surface area (Å²) in [4.78, 5) is 2.45. The largest absolute Gasteiger partial charge is 0.377 e. The van der Waals surface area contributed by atoms with Gasteiger partial charge in [-0.3, -0.25) is 4.90 Å². The van der Waals surface area contributed by atoms with Crippen molar-refractivity contribution in [3.63, 3.8) is 0 Å². The van der Waals surface area contributed by atoms with Gasteiger partial charge in [0, 0.05) is 31.6 Å². The van der Waals surface area contributed by atoms with Crippen LogP contribution in [0.2, 0.25) is 0 Å². The molecule has 2 heterocycles. The first-order valence-electron chi connectivity index (χ1n) is 5.83. The van der Waals surface area contributed by atoms with Gasteiger partial charge in [-0.25, -0.2) is 0 Å². The highest BCUT2D eigenvalue weighted by Gasteiger charge is 2.28. The van der Waals surface area contributed by atoms with Gasteiger partial charge in [-0.05, 0) is 19.8 Å². The smallest absolute Gasteiger partial charge is 0.0837 e. The zero-order valence-electron chi connectivity index (χ0n) is 9.32. The maximum atomic E-state index is 5.83. The third-order valence-electron chi connectivity index (χ3n) is 3.27. The molecule has 0 bridgehead atoms. The first-order valence-corrected chi connectivity index (χ1v) is 6.36. The van der Waals surface area contributed by atoms with Crippen LogP contribution in [0, 0.1) is 0 Å². The lowest BCUT2D eigenvalue weighted by Gasteiger charge is -2.38. The van der Waals surface area contributed by atoms with Gasteiger partial charge < -0.3 is 9.47 Å². The molecule has 0 aromatic rings. The highest BCUT2D eigenvalue weighted by molar-refractivity contribution is 6.18. The van der Waals surface area contributed by atoms with Crippen LogP contribution in [-0.4, -0.2) is 55.3 Å². The first-order chi connectivity index (χ1) is 7.29. The Morgan fingerprint density at radius 2 is 2.20 bits per heavy atom. The molecule has 0 aromatic heterocycles. The molecular weight excluding hydrogens is 214 g/mol. The Labute approximate surface area is 96.7 Å². The Bertz CT molecular complexity index is 197. The molecule has 0 saturated carbocycles. The maximum absolute atomic E-state index is 5.83. The van der Waals surface area contributed by atoms with E-state index in [-0.39, 0.29) is 6.10 Å². The van der Waals surface area contributed by atoms with Crippen molar-refractivity contribution in [2.24, 2.45) is 0 Å². The number of hydrogen-bond acceptors (Lipinski definition) is 3. The number of nitrogens with zero attached hydrogens (tertiary/aromatic N) is 1. The second kappa shape index (κ2) is 5.48. The third kappa shape index (κ3) is 3.06. The van der Waals surface area contributed by atoms with E-state index in [4.69, 9.17) is 21.1 Å². The van der Waals surface area contributed by atoms with Crippen molar-refractivity contribution in [3.8, 4) is 0 Å². The monoisotopic (exact) mass is 233 g/mol. The first kappa shape index (κ1) is 11.6. The highest BCUT2D eigenvalue weighted by Crippen LogP contribution is 2.18. The van der Waals surface area contributed by atoms with Gasteiger partial charge in [0.2, 0.25) is 0 Å². The van der Waals surface area contributed by atoms with Gasteiger partial charge in [0.25, 0.3) is 0 Å². The molecule has 2 aliphatic rings. The van der Waals surface area contributed by atoms with Crippen molar-refractivity contribution < 1.29 is 9.47 Å². The zero-order valence-corrected chi connectivity index (χ0v) is 10.1. The fourth-order valence-corrected chi connectivity index (χ4v) is 2.46. The van der Waals surface area contributed by atoms with Gasteiger partial charge in [0.05, 0.1) is 18.8 Å². The fraction of sp³-hybridized carbons (Fsp3) is 1.00. The molecule has 0 spiro atoms. The molecular formula is C11H20ClNO2. The van der Waals surface area contributed by atoms with Crippen molar-refractivity contribution >= 4 is 11.6 Å². The molecule has 2 fully saturated rings. The molecule has 4 heteroatoms. The van der Waals surface area contributed by atoms with E-state index in [1.165, 1.54) is 12.8 Å². The molecule has 3 unspecified atom stereocenters. The summed E-state index contributed by atoms with van der Waals surface area (Å²) >= 11 is 5.83. The lowest BCUT2D eigenvalue weighted by Crippen LogP contribution is -2.51. The van der Waals surface area contributed by atoms with E-state index in [0.29, 0.717) is 18.0 Å². The van der Waals surface area contributed by atoms with Gasteiger partial charge in [-0.2, -0.15) is 0 Å². The van der Waals surface area contributed by atoms with E-state index in [0.717, 1.165) is 26.3 Å².